The Hall–Kier alpha value is -2.61. The van der Waals surface area contributed by atoms with Crippen LogP contribution in [-0.2, 0) is 0 Å². The van der Waals surface area contributed by atoms with Gasteiger partial charge in [-0.25, -0.2) is 10.4 Å². The number of hydrogen-bond donors (Lipinski definition) is 1. The summed E-state index contributed by atoms with van der Waals surface area (Å²) < 4.78 is 18.1. The van der Waals surface area contributed by atoms with Gasteiger partial charge in [0.25, 0.3) is 11.6 Å². The zero-order valence-corrected chi connectivity index (χ0v) is 13.6. The summed E-state index contributed by atoms with van der Waals surface area (Å²) in [4.78, 5) is 17.6. The predicted octanol–water partition coefficient (Wildman–Crippen LogP) is 3.37. The standard InChI is InChI=1S/C16H13FN4O2S/c1-8-14-11(6-12(9-2-3-9)19-16(14)23-21-8)15(22)20-18-7-10-4-5-13(17)24-10/h4-7,9H,2-3H2,1H3,(H,20,22)/b18-7-. The predicted molar refractivity (Wildman–Crippen MR) is 87.9 cm³/mol. The number of hydrazone groups is 1. The summed E-state index contributed by atoms with van der Waals surface area (Å²) in [5, 5.41) is 8.08. The van der Waals surface area contributed by atoms with Gasteiger partial charge in [-0.2, -0.15) is 9.49 Å². The minimum absolute atomic E-state index is 0.298. The Morgan fingerprint density at radius 1 is 1.50 bits per heavy atom. The number of fused-ring (bicyclic) bond motifs is 1. The van der Waals surface area contributed by atoms with Gasteiger partial charge in [0.05, 0.1) is 27.7 Å². The second-order valence-electron chi connectivity index (χ2n) is 5.66. The Labute approximate surface area is 140 Å². The first kappa shape index (κ1) is 14.9. The molecule has 0 radical (unpaired) electrons. The van der Waals surface area contributed by atoms with Crippen LogP contribution in [0.1, 0.15) is 45.4 Å². The number of halogens is 1. The van der Waals surface area contributed by atoms with Gasteiger partial charge < -0.3 is 4.52 Å². The highest BCUT2D eigenvalue weighted by molar-refractivity contribution is 7.12. The number of rotatable bonds is 4. The molecule has 1 aliphatic carbocycles. The van der Waals surface area contributed by atoms with Crippen LogP contribution in [0.2, 0.25) is 0 Å². The quantitative estimate of drug-likeness (QED) is 0.581. The molecule has 1 aliphatic rings. The number of carbonyl (C=O) groups is 1. The van der Waals surface area contributed by atoms with Crippen LogP contribution in [0.5, 0.6) is 0 Å². The lowest BCUT2D eigenvalue weighted by atomic mass is 10.1. The molecule has 0 aromatic carbocycles. The maximum atomic E-state index is 12.9. The molecule has 4 rings (SSSR count). The summed E-state index contributed by atoms with van der Waals surface area (Å²) in [6, 6.07) is 4.72. The average Bonchev–Trinajstić information content (AvgIpc) is 3.25. The smallest absolute Gasteiger partial charge is 0.272 e. The third-order valence-electron chi connectivity index (χ3n) is 3.83. The van der Waals surface area contributed by atoms with Crippen LogP contribution in [0.15, 0.2) is 27.8 Å². The number of hydrogen-bond acceptors (Lipinski definition) is 6. The third-order valence-corrected chi connectivity index (χ3v) is 4.64. The van der Waals surface area contributed by atoms with Gasteiger partial charge in [0.1, 0.15) is 0 Å². The Bertz CT molecular complexity index is 958. The van der Waals surface area contributed by atoms with Crippen LogP contribution in [0, 0.1) is 12.1 Å². The first-order valence-corrected chi connectivity index (χ1v) is 8.29. The maximum Gasteiger partial charge on any atom is 0.272 e. The fourth-order valence-electron chi connectivity index (χ4n) is 2.49. The van der Waals surface area contributed by atoms with Crippen LogP contribution >= 0.6 is 11.3 Å². The van der Waals surface area contributed by atoms with E-state index in [1.165, 1.54) is 12.3 Å². The molecule has 0 unspecified atom stereocenters. The second kappa shape index (κ2) is 5.79. The minimum Gasteiger partial charge on any atom is -0.336 e. The molecular formula is C16H13FN4O2S. The molecule has 3 aromatic rings. The molecule has 122 valence electrons. The van der Waals surface area contributed by atoms with Crippen molar-refractivity contribution in [3.8, 4) is 0 Å². The van der Waals surface area contributed by atoms with Crippen LogP contribution in [-0.4, -0.2) is 22.3 Å². The summed E-state index contributed by atoms with van der Waals surface area (Å²) in [7, 11) is 0. The van der Waals surface area contributed by atoms with Gasteiger partial charge in [0.2, 0.25) is 0 Å². The minimum atomic E-state index is -0.371. The van der Waals surface area contributed by atoms with Crippen molar-refractivity contribution in [1.82, 2.24) is 15.6 Å². The molecule has 8 heteroatoms. The number of carbonyl (C=O) groups excluding carboxylic acids is 1. The van der Waals surface area contributed by atoms with Gasteiger partial charge in [0, 0.05) is 11.6 Å². The van der Waals surface area contributed by atoms with Crippen molar-refractivity contribution in [3.63, 3.8) is 0 Å². The molecule has 6 nitrogen and oxygen atoms in total. The van der Waals surface area contributed by atoms with Crippen molar-refractivity contribution in [3.05, 3.63) is 45.2 Å². The topological polar surface area (TPSA) is 80.4 Å². The van der Waals surface area contributed by atoms with Gasteiger partial charge in [-0.05, 0) is 38.0 Å². The Kier molecular flexibility index (Phi) is 3.61. The molecule has 0 spiro atoms. The number of aromatic nitrogens is 2. The molecule has 0 saturated heterocycles. The van der Waals surface area contributed by atoms with E-state index >= 15 is 0 Å². The van der Waals surface area contributed by atoms with E-state index in [9.17, 15) is 9.18 Å². The van der Waals surface area contributed by atoms with Gasteiger partial charge in [0.15, 0.2) is 5.13 Å². The summed E-state index contributed by atoms with van der Waals surface area (Å²) in [6.45, 7) is 1.76. The van der Waals surface area contributed by atoms with Crippen molar-refractivity contribution in [2.45, 2.75) is 25.7 Å². The molecule has 1 fully saturated rings. The van der Waals surface area contributed by atoms with Gasteiger partial charge >= 0.3 is 0 Å². The Balaban J connectivity index is 1.63. The van der Waals surface area contributed by atoms with Crippen LogP contribution in [0.4, 0.5) is 4.39 Å². The molecule has 1 saturated carbocycles. The Morgan fingerprint density at radius 2 is 2.33 bits per heavy atom. The number of nitrogens with zero attached hydrogens (tertiary/aromatic N) is 3. The monoisotopic (exact) mass is 344 g/mol. The van der Waals surface area contributed by atoms with Gasteiger partial charge in [-0.3, -0.25) is 4.79 Å². The maximum absolute atomic E-state index is 12.9. The summed E-state index contributed by atoms with van der Waals surface area (Å²) in [6.07, 6.45) is 3.54. The van der Waals surface area contributed by atoms with E-state index in [0.717, 1.165) is 29.9 Å². The van der Waals surface area contributed by atoms with Crippen molar-refractivity contribution < 1.29 is 13.7 Å². The van der Waals surface area contributed by atoms with Crippen molar-refractivity contribution in [2.24, 2.45) is 5.10 Å². The lowest BCUT2D eigenvalue weighted by molar-refractivity contribution is 0.0956. The molecule has 1 N–H and O–H groups in total. The van der Waals surface area contributed by atoms with Crippen LogP contribution < -0.4 is 5.43 Å². The number of aryl methyl sites for hydroxylation is 1. The number of pyridine rings is 1. The summed E-state index contributed by atoms with van der Waals surface area (Å²) >= 11 is 0.954. The molecule has 3 aromatic heterocycles. The van der Waals surface area contributed by atoms with Crippen molar-refractivity contribution >= 4 is 34.6 Å². The third kappa shape index (κ3) is 2.80. The van der Waals surface area contributed by atoms with E-state index in [-0.39, 0.29) is 11.0 Å². The van der Waals surface area contributed by atoms with E-state index in [1.807, 2.05) is 0 Å². The van der Waals surface area contributed by atoms with Crippen LogP contribution in [0.3, 0.4) is 0 Å². The lowest BCUT2D eigenvalue weighted by Crippen LogP contribution is -2.18. The number of thiophene rings is 1. The molecule has 0 atom stereocenters. The lowest BCUT2D eigenvalue weighted by Gasteiger charge is -2.04. The van der Waals surface area contributed by atoms with Crippen LogP contribution in [0.25, 0.3) is 11.1 Å². The van der Waals surface area contributed by atoms with E-state index in [1.54, 1.807) is 19.1 Å². The normalized spacial score (nSPS) is 14.6. The zero-order chi connectivity index (χ0) is 16.7. The largest absolute Gasteiger partial charge is 0.336 e. The fraction of sp³-hybridized carbons (Fsp3) is 0.250. The molecule has 1 amide bonds. The molecule has 3 heterocycles. The van der Waals surface area contributed by atoms with E-state index < -0.39 is 0 Å². The molecule has 0 aliphatic heterocycles. The first-order chi connectivity index (χ1) is 11.6. The van der Waals surface area contributed by atoms with Gasteiger partial charge in [-0.15, -0.1) is 11.3 Å². The first-order valence-electron chi connectivity index (χ1n) is 7.47. The second-order valence-corrected chi connectivity index (χ2v) is 6.72. The molecule has 24 heavy (non-hydrogen) atoms. The highest BCUT2D eigenvalue weighted by atomic mass is 32.1. The average molecular weight is 344 g/mol. The number of amides is 1. The SMILES string of the molecule is Cc1noc2nc(C3CC3)cc(C(=O)N/N=C\c3ccc(F)s3)c12. The highest BCUT2D eigenvalue weighted by Crippen LogP contribution is 2.40. The van der Waals surface area contributed by atoms with Crippen molar-refractivity contribution in [1.29, 1.82) is 0 Å². The Morgan fingerprint density at radius 3 is 3.04 bits per heavy atom. The van der Waals surface area contributed by atoms with E-state index in [4.69, 9.17) is 4.52 Å². The van der Waals surface area contributed by atoms with Gasteiger partial charge in [-0.1, -0.05) is 5.16 Å². The zero-order valence-electron chi connectivity index (χ0n) is 12.7. The van der Waals surface area contributed by atoms with E-state index in [2.05, 4.69) is 20.7 Å². The fourth-order valence-corrected chi connectivity index (χ4v) is 3.10. The molecule has 0 bridgehead atoms. The number of nitrogens with one attached hydrogen (secondary N) is 1. The van der Waals surface area contributed by atoms with Crippen molar-refractivity contribution in [2.75, 3.05) is 0 Å². The highest BCUT2D eigenvalue weighted by Gasteiger charge is 2.28. The van der Waals surface area contributed by atoms with E-state index in [0.29, 0.717) is 33.2 Å². The molecular weight excluding hydrogens is 331 g/mol. The summed E-state index contributed by atoms with van der Waals surface area (Å²) in [5.74, 6) is 0.00725. The summed E-state index contributed by atoms with van der Waals surface area (Å²) in [5.41, 5.74) is 4.72.